The van der Waals surface area contributed by atoms with Crippen molar-refractivity contribution in [1.82, 2.24) is 15.4 Å². The van der Waals surface area contributed by atoms with E-state index in [0.717, 1.165) is 10.0 Å². The molecular formula is C17H15BrN4O2. The van der Waals surface area contributed by atoms with E-state index in [1.807, 2.05) is 43.3 Å². The summed E-state index contributed by atoms with van der Waals surface area (Å²) in [5.74, 6) is -0.0561. The van der Waals surface area contributed by atoms with Crippen LogP contribution >= 0.6 is 15.9 Å². The number of benzene rings is 2. The number of amides is 1. The van der Waals surface area contributed by atoms with Gasteiger partial charge >= 0.3 is 0 Å². The van der Waals surface area contributed by atoms with Crippen molar-refractivity contribution in [3.8, 4) is 17.0 Å². The van der Waals surface area contributed by atoms with Crippen LogP contribution in [0.5, 0.6) is 5.75 Å². The molecule has 2 aromatic carbocycles. The van der Waals surface area contributed by atoms with Gasteiger partial charge < -0.3 is 10.5 Å². The number of ether oxygens (including phenoxy) is 1. The van der Waals surface area contributed by atoms with Gasteiger partial charge in [0.05, 0.1) is 0 Å². The fourth-order valence-corrected chi connectivity index (χ4v) is 2.73. The lowest BCUT2D eigenvalue weighted by atomic mass is 10.1. The van der Waals surface area contributed by atoms with Crippen molar-refractivity contribution in [2.24, 2.45) is 5.73 Å². The number of primary amides is 1. The Balaban J connectivity index is 1.94. The first kappa shape index (κ1) is 16.2. The van der Waals surface area contributed by atoms with Gasteiger partial charge in [-0.2, -0.15) is 15.4 Å². The van der Waals surface area contributed by atoms with E-state index in [2.05, 4.69) is 37.4 Å². The van der Waals surface area contributed by atoms with E-state index in [9.17, 15) is 4.79 Å². The van der Waals surface area contributed by atoms with E-state index < -0.39 is 5.91 Å². The number of nitrogens with zero attached hydrogens (tertiary/aromatic N) is 2. The second-order valence-corrected chi connectivity index (χ2v) is 6.22. The van der Waals surface area contributed by atoms with Crippen molar-refractivity contribution in [3.63, 3.8) is 0 Å². The topological polar surface area (TPSA) is 93.9 Å². The number of aromatic nitrogens is 3. The van der Waals surface area contributed by atoms with Gasteiger partial charge in [-0.25, -0.2) is 0 Å². The summed E-state index contributed by atoms with van der Waals surface area (Å²) in [6.45, 7) is 2.43. The fourth-order valence-electron chi connectivity index (χ4n) is 2.37. The number of carbonyl (C=O) groups is 1. The number of nitrogens with one attached hydrogen (secondary N) is 1. The monoisotopic (exact) mass is 386 g/mol. The zero-order chi connectivity index (χ0) is 17.1. The van der Waals surface area contributed by atoms with Crippen LogP contribution in [0.2, 0.25) is 0 Å². The van der Waals surface area contributed by atoms with Crippen molar-refractivity contribution in [1.29, 1.82) is 0 Å². The Morgan fingerprint density at radius 2 is 2.08 bits per heavy atom. The summed E-state index contributed by atoms with van der Waals surface area (Å²) in [5.41, 5.74) is 8.65. The molecule has 3 N–H and O–H groups in total. The van der Waals surface area contributed by atoms with Crippen molar-refractivity contribution in [2.75, 3.05) is 0 Å². The smallest absolute Gasteiger partial charge is 0.271 e. The maximum atomic E-state index is 11.5. The average molecular weight is 387 g/mol. The standard InChI is InChI=1S/C17H15BrN4O2/c1-10-3-2-4-11(7-10)9-24-14-6-5-12(18)8-13(14)15-16(17(19)23)21-22-20-15/h2-8H,9H2,1H3,(H2,19,23)(H,20,21,22). The minimum atomic E-state index is -0.650. The second-order valence-electron chi connectivity index (χ2n) is 5.30. The summed E-state index contributed by atoms with van der Waals surface area (Å²) < 4.78 is 6.77. The summed E-state index contributed by atoms with van der Waals surface area (Å²) in [6.07, 6.45) is 0. The van der Waals surface area contributed by atoms with Crippen LogP contribution < -0.4 is 10.5 Å². The molecule has 1 heterocycles. The van der Waals surface area contributed by atoms with Crippen LogP contribution in [0.1, 0.15) is 21.6 Å². The van der Waals surface area contributed by atoms with E-state index in [0.29, 0.717) is 23.6 Å². The zero-order valence-electron chi connectivity index (χ0n) is 12.9. The highest BCUT2D eigenvalue weighted by atomic mass is 79.9. The lowest BCUT2D eigenvalue weighted by molar-refractivity contribution is 0.0996. The molecule has 24 heavy (non-hydrogen) atoms. The van der Waals surface area contributed by atoms with Gasteiger partial charge in [0.2, 0.25) is 0 Å². The Morgan fingerprint density at radius 1 is 1.25 bits per heavy atom. The Kier molecular flexibility index (Phi) is 4.61. The predicted molar refractivity (Wildman–Crippen MR) is 93.5 cm³/mol. The molecule has 0 aliphatic carbocycles. The average Bonchev–Trinajstić information content (AvgIpc) is 3.03. The minimum absolute atomic E-state index is 0.0773. The summed E-state index contributed by atoms with van der Waals surface area (Å²) in [7, 11) is 0. The first-order chi connectivity index (χ1) is 11.5. The molecule has 0 aliphatic rings. The first-order valence-corrected chi connectivity index (χ1v) is 8.02. The number of rotatable bonds is 5. The van der Waals surface area contributed by atoms with Crippen molar-refractivity contribution >= 4 is 21.8 Å². The summed E-state index contributed by atoms with van der Waals surface area (Å²) >= 11 is 3.42. The van der Waals surface area contributed by atoms with Crippen LogP contribution in [0.3, 0.4) is 0 Å². The van der Waals surface area contributed by atoms with Crippen LogP contribution in [-0.2, 0) is 6.61 Å². The van der Waals surface area contributed by atoms with Crippen LogP contribution in [0.4, 0.5) is 0 Å². The maximum absolute atomic E-state index is 11.5. The molecule has 0 spiro atoms. The third-order valence-corrected chi connectivity index (χ3v) is 3.95. The number of carbonyl (C=O) groups excluding carboxylic acids is 1. The molecule has 122 valence electrons. The largest absolute Gasteiger partial charge is 0.488 e. The Labute approximate surface area is 147 Å². The summed E-state index contributed by atoms with van der Waals surface area (Å²) in [5, 5.41) is 10.3. The molecule has 1 amide bonds. The van der Waals surface area contributed by atoms with Gasteiger partial charge in [0.1, 0.15) is 18.1 Å². The molecule has 0 fully saturated rings. The Bertz CT molecular complexity index is 892. The maximum Gasteiger partial charge on any atom is 0.271 e. The van der Waals surface area contributed by atoms with Gasteiger partial charge in [0.15, 0.2) is 5.69 Å². The van der Waals surface area contributed by atoms with Crippen LogP contribution in [0.15, 0.2) is 46.9 Å². The van der Waals surface area contributed by atoms with Gasteiger partial charge in [0.25, 0.3) is 5.91 Å². The normalized spacial score (nSPS) is 10.6. The Hall–Kier alpha value is -2.67. The van der Waals surface area contributed by atoms with Gasteiger partial charge in [-0.15, -0.1) is 0 Å². The summed E-state index contributed by atoms with van der Waals surface area (Å²) in [6, 6.07) is 13.6. The van der Waals surface area contributed by atoms with Crippen LogP contribution in [0.25, 0.3) is 11.3 Å². The highest BCUT2D eigenvalue weighted by Crippen LogP contribution is 2.33. The number of aryl methyl sites for hydroxylation is 1. The molecule has 0 aliphatic heterocycles. The second kappa shape index (κ2) is 6.84. The third kappa shape index (κ3) is 3.46. The zero-order valence-corrected chi connectivity index (χ0v) is 14.5. The van der Waals surface area contributed by atoms with Crippen LogP contribution in [-0.4, -0.2) is 21.3 Å². The first-order valence-electron chi connectivity index (χ1n) is 7.23. The molecule has 3 rings (SSSR count). The molecule has 0 saturated carbocycles. The number of H-pyrrole nitrogens is 1. The molecule has 7 heteroatoms. The van der Waals surface area contributed by atoms with E-state index in [1.54, 1.807) is 0 Å². The van der Waals surface area contributed by atoms with Gasteiger partial charge in [-0.1, -0.05) is 45.8 Å². The molecule has 0 unspecified atom stereocenters. The Morgan fingerprint density at radius 3 is 2.83 bits per heavy atom. The van der Waals surface area contributed by atoms with Gasteiger partial charge in [-0.05, 0) is 30.7 Å². The van der Waals surface area contributed by atoms with Gasteiger partial charge in [0, 0.05) is 10.0 Å². The minimum Gasteiger partial charge on any atom is -0.488 e. The molecular weight excluding hydrogens is 372 g/mol. The van der Waals surface area contributed by atoms with E-state index >= 15 is 0 Å². The number of hydrogen-bond donors (Lipinski definition) is 2. The quantitative estimate of drug-likeness (QED) is 0.703. The van der Waals surface area contributed by atoms with Gasteiger partial charge in [-0.3, -0.25) is 4.79 Å². The molecule has 3 aromatic rings. The molecule has 0 bridgehead atoms. The number of hydrogen-bond acceptors (Lipinski definition) is 4. The number of nitrogens with two attached hydrogens (primary N) is 1. The van der Waals surface area contributed by atoms with Crippen molar-refractivity contribution in [2.45, 2.75) is 13.5 Å². The summed E-state index contributed by atoms with van der Waals surface area (Å²) in [4.78, 5) is 11.5. The van der Waals surface area contributed by atoms with Crippen LogP contribution in [0, 0.1) is 6.92 Å². The number of aromatic amines is 1. The SMILES string of the molecule is Cc1cccc(COc2ccc(Br)cc2-c2n[nH]nc2C(N)=O)c1. The van der Waals surface area contributed by atoms with E-state index in [-0.39, 0.29) is 5.69 Å². The highest BCUT2D eigenvalue weighted by Gasteiger charge is 2.19. The molecule has 0 radical (unpaired) electrons. The van der Waals surface area contributed by atoms with E-state index in [1.165, 1.54) is 5.56 Å². The molecule has 6 nitrogen and oxygen atoms in total. The van der Waals surface area contributed by atoms with Crippen molar-refractivity contribution in [3.05, 3.63) is 63.8 Å². The predicted octanol–water partition coefficient (Wildman–Crippen LogP) is 3.22. The fraction of sp³-hybridized carbons (Fsp3) is 0.118. The lowest BCUT2D eigenvalue weighted by Gasteiger charge is -2.11. The lowest BCUT2D eigenvalue weighted by Crippen LogP contribution is -2.13. The molecule has 0 saturated heterocycles. The molecule has 1 aromatic heterocycles. The highest BCUT2D eigenvalue weighted by molar-refractivity contribution is 9.10. The third-order valence-electron chi connectivity index (χ3n) is 3.45. The van der Waals surface area contributed by atoms with E-state index in [4.69, 9.17) is 10.5 Å². The number of halogens is 1. The molecule has 0 atom stereocenters. The van der Waals surface area contributed by atoms with Crippen molar-refractivity contribution < 1.29 is 9.53 Å².